The second-order valence-corrected chi connectivity index (χ2v) is 8.03. The van der Waals surface area contributed by atoms with Crippen LogP contribution in [0.1, 0.15) is 18.5 Å². The Morgan fingerprint density at radius 1 is 1.41 bits per heavy atom. The number of pyridine rings is 1. The van der Waals surface area contributed by atoms with Crippen molar-refractivity contribution in [3.63, 3.8) is 0 Å². The van der Waals surface area contributed by atoms with Crippen molar-refractivity contribution in [3.8, 4) is 0 Å². The van der Waals surface area contributed by atoms with Crippen LogP contribution < -0.4 is 4.72 Å². The molecule has 2 aliphatic heterocycles. The van der Waals surface area contributed by atoms with Crippen LogP contribution >= 0.6 is 0 Å². The fourth-order valence-corrected chi connectivity index (χ4v) is 4.28. The second kappa shape index (κ2) is 6.62. The summed E-state index contributed by atoms with van der Waals surface area (Å²) in [6.07, 6.45) is 5.12. The number of nitrogens with one attached hydrogen (secondary N) is 1. The molecule has 0 amide bonds. The number of ether oxygens (including phenoxy) is 1. The van der Waals surface area contributed by atoms with E-state index in [1.807, 2.05) is 18.2 Å². The Kier molecular flexibility index (Phi) is 4.77. The molecule has 2 fully saturated rings. The lowest BCUT2D eigenvalue weighted by atomic mass is 9.86. The van der Waals surface area contributed by atoms with Crippen LogP contribution in [0.25, 0.3) is 0 Å². The lowest BCUT2D eigenvalue weighted by Crippen LogP contribution is -2.60. The highest BCUT2D eigenvalue weighted by atomic mass is 32.2. The summed E-state index contributed by atoms with van der Waals surface area (Å²) in [7, 11) is -3.24. The Balaban J connectivity index is 1.73. The molecule has 0 unspecified atom stereocenters. The van der Waals surface area contributed by atoms with Crippen molar-refractivity contribution >= 4 is 10.0 Å². The molecule has 6 nitrogen and oxygen atoms in total. The molecule has 0 aromatic carbocycles. The Morgan fingerprint density at radius 3 is 3.00 bits per heavy atom. The van der Waals surface area contributed by atoms with E-state index in [0.29, 0.717) is 12.5 Å². The van der Waals surface area contributed by atoms with E-state index in [1.165, 1.54) is 6.26 Å². The second-order valence-electron chi connectivity index (χ2n) is 6.25. The van der Waals surface area contributed by atoms with Gasteiger partial charge < -0.3 is 4.74 Å². The van der Waals surface area contributed by atoms with E-state index in [0.717, 1.165) is 38.2 Å². The first-order valence-electron chi connectivity index (χ1n) is 7.72. The highest BCUT2D eigenvalue weighted by Crippen LogP contribution is 2.29. The van der Waals surface area contributed by atoms with E-state index in [2.05, 4.69) is 14.6 Å². The smallest absolute Gasteiger partial charge is 0.209 e. The zero-order valence-corrected chi connectivity index (χ0v) is 13.6. The van der Waals surface area contributed by atoms with Gasteiger partial charge in [-0.15, -0.1) is 0 Å². The third-order valence-corrected chi connectivity index (χ3v) is 5.05. The molecule has 3 heterocycles. The molecule has 1 N–H and O–H groups in total. The molecule has 0 bridgehead atoms. The third kappa shape index (κ3) is 4.04. The van der Waals surface area contributed by atoms with Crippen LogP contribution in [0.4, 0.5) is 0 Å². The molecule has 7 heteroatoms. The van der Waals surface area contributed by atoms with E-state index in [4.69, 9.17) is 4.74 Å². The molecule has 1 aromatic heterocycles. The Bertz CT molecular complexity index is 593. The van der Waals surface area contributed by atoms with Gasteiger partial charge in [-0.05, 0) is 30.9 Å². The van der Waals surface area contributed by atoms with Gasteiger partial charge in [0.2, 0.25) is 10.0 Å². The molecule has 0 saturated carbocycles. The van der Waals surface area contributed by atoms with Gasteiger partial charge in [-0.25, -0.2) is 13.1 Å². The minimum atomic E-state index is -3.24. The van der Waals surface area contributed by atoms with Crippen molar-refractivity contribution in [3.05, 3.63) is 30.1 Å². The van der Waals surface area contributed by atoms with Crippen LogP contribution in [-0.2, 0) is 21.3 Å². The molecule has 0 spiro atoms. The number of nitrogens with zero attached hydrogens (tertiary/aromatic N) is 2. The predicted molar refractivity (Wildman–Crippen MR) is 83.7 cm³/mol. The Hall–Kier alpha value is -1.02. The molecule has 2 saturated heterocycles. The van der Waals surface area contributed by atoms with E-state index < -0.39 is 10.0 Å². The van der Waals surface area contributed by atoms with Crippen molar-refractivity contribution in [2.45, 2.75) is 31.5 Å². The molecular formula is C15H23N3O3S. The van der Waals surface area contributed by atoms with Gasteiger partial charge in [0.05, 0.1) is 24.1 Å². The zero-order valence-electron chi connectivity index (χ0n) is 12.8. The summed E-state index contributed by atoms with van der Waals surface area (Å²) in [6.45, 7) is 3.06. The van der Waals surface area contributed by atoms with Gasteiger partial charge in [0.1, 0.15) is 0 Å². The van der Waals surface area contributed by atoms with Gasteiger partial charge in [-0.3, -0.25) is 9.88 Å². The minimum absolute atomic E-state index is 0.0107. The molecule has 122 valence electrons. The van der Waals surface area contributed by atoms with E-state index in [1.54, 1.807) is 6.20 Å². The fourth-order valence-electron chi connectivity index (χ4n) is 3.52. The first-order valence-corrected chi connectivity index (χ1v) is 9.61. The predicted octanol–water partition coefficient (Wildman–Crippen LogP) is 0.610. The molecule has 0 aliphatic carbocycles. The Labute approximate surface area is 131 Å². The van der Waals surface area contributed by atoms with Crippen LogP contribution in [-0.4, -0.2) is 56.4 Å². The minimum Gasteiger partial charge on any atom is -0.376 e. The summed E-state index contributed by atoms with van der Waals surface area (Å²) in [4.78, 5) is 6.64. The van der Waals surface area contributed by atoms with Gasteiger partial charge in [-0.1, -0.05) is 6.07 Å². The number of hydrogen-bond donors (Lipinski definition) is 1. The largest absolute Gasteiger partial charge is 0.376 e. The van der Waals surface area contributed by atoms with Crippen LogP contribution in [0, 0.1) is 5.92 Å². The van der Waals surface area contributed by atoms with E-state index in [-0.39, 0.29) is 12.1 Å². The number of likely N-dealkylation sites (tertiary alicyclic amines) is 1. The maximum absolute atomic E-state index is 11.6. The number of aromatic nitrogens is 1. The third-order valence-electron chi connectivity index (χ3n) is 4.32. The number of hydrogen-bond acceptors (Lipinski definition) is 5. The lowest BCUT2D eigenvalue weighted by molar-refractivity contribution is -0.0825. The van der Waals surface area contributed by atoms with Crippen molar-refractivity contribution in [1.82, 2.24) is 14.6 Å². The highest BCUT2D eigenvalue weighted by Gasteiger charge is 2.40. The van der Waals surface area contributed by atoms with Crippen molar-refractivity contribution in [2.75, 3.05) is 26.0 Å². The normalized spacial score (nSPS) is 30.0. The van der Waals surface area contributed by atoms with Crippen molar-refractivity contribution < 1.29 is 13.2 Å². The number of sulfonamides is 1. The van der Waals surface area contributed by atoms with Crippen LogP contribution in [0.5, 0.6) is 0 Å². The molecule has 3 rings (SSSR count). The standard InChI is InChI=1S/C15H23N3O3S/c1-22(19,20)17-14-11-18(10-13-6-2-3-7-16-13)9-12-5-4-8-21-15(12)14/h2-3,6-7,12,14-15,17H,4-5,8-11H2,1H3/t12-,14+,15-/m0/s1. The quantitative estimate of drug-likeness (QED) is 0.878. The number of fused-ring (bicyclic) bond motifs is 1. The monoisotopic (exact) mass is 325 g/mol. The van der Waals surface area contributed by atoms with Crippen LogP contribution in [0.15, 0.2) is 24.4 Å². The van der Waals surface area contributed by atoms with E-state index in [9.17, 15) is 8.42 Å². The van der Waals surface area contributed by atoms with Crippen molar-refractivity contribution in [2.24, 2.45) is 5.92 Å². The topological polar surface area (TPSA) is 71.5 Å². The van der Waals surface area contributed by atoms with Gasteiger partial charge in [0.25, 0.3) is 0 Å². The SMILES string of the molecule is CS(=O)(=O)N[C@@H]1CN(Cc2ccccn2)C[C@@H]2CCCO[C@@H]21. The maximum Gasteiger partial charge on any atom is 0.209 e. The highest BCUT2D eigenvalue weighted by molar-refractivity contribution is 7.88. The number of rotatable bonds is 4. The average Bonchev–Trinajstić information content (AvgIpc) is 2.47. The molecule has 2 aliphatic rings. The van der Waals surface area contributed by atoms with Crippen LogP contribution in [0.3, 0.4) is 0 Å². The summed E-state index contributed by atoms with van der Waals surface area (Å²) in [6, 6.07) is 5.70. The summed E-state index contributed by atoms with van der Waals surface area (Å²) in [5, 5.41) is 0. The first kappa shape index (κ1) is 15.9. The average molecular weight is 325 g/mol. The van der Waals surface area contributed by atoms with E-state index >= 15 is 0 Å². The zero-order chi connectivity index (χ0) is 15.6. The first-order chi connectivity index (χ1) is 10.5. The summed E-state index contributed by atoms with van der Waals surface area (Å²) in [5.41, 5.74) is 1.01. The van der Waals surface area contributed by atoms with Gasteiger partial charge in [0, 0.05) is 32.4 Å². The molecule has 3 atom stereocenters. The molecule has 1 aromatic rings. The number of piperidine rings is 1. The van der Waals surface area contributed by atoms with Crippen molar-refractivity contribution in [1.29, 1.82) is 0 Å². The summed E-state index contributed by atoms with van der Waals surface area (Å²) < 4.78 is 31.9. The summed E-state index contributed by atoms with van der Waals surface area (Å²) >= 11 is 0. The maximum atomic E-state index is 11.6. The molecule has 0 radical (unpaired) electrons. The van der Waals surface area contributed by atoms with Gasteiger partial charge >= 0.3 is 0 Å². The van der Waals surface area contributed by atoms with Crippen LogP contribution in [0.2, 0.25) is 0 Å². The molecule has 22 heavy (non-hydrogen) atoms. The van der Waals surface area contributed by atoms with Gasteiger partial charge in [0.15, 0.2) is 0 Å². The van der Waals surface area contributed by atoms with Gasteiger partial charge in [-0.2, -0.15) is 0 Å². The lowest BCUT2D eigenvalue weighted by Gasteiger charge is -2.45. The summed E-state index contributed by atoms with van der Waals surface area (Å²) in [5.74, 6) is 0.380. The molecular weight excluding hydrogens is 302 g/mol. The Morgan fingerprint density at radius 2 is 2.27 bits per heavy atom. The fraction of sp³-hybridized carbons (Fsp3) is 0.667.